The lowest BCUT2D eigenvalue weighted by molar-refractivity contribution is 0.308. The van der Waals surface area contributed by atoms with Gasteiger partial charge in [0.2, 0.25) is 13.8 Å². The minimum Gasteiger partial charge on any atom is -0.297 e. The zero-order chi connectivity index (χ0) is 11.6. The van der Waals surface area contributed by atoms with Gasteiger partial charge in [0.05, 0.1) is 11.1 Å². The molecular formula is C10H15BrN2O2S. The van der Waals surface area contributed by atoms with E-state index in [1.165, 1.54) is 31.1 Å². The van der Waals surface area contributed by atoms with Gasteiger partial charge in [0.15, 0.2) is 0 Å². The van der Waals surface area contributed by atoms with Crippen molar-refractivity contribution in [2.75, 3.05) is 19.6 Å². The van der Waals surface area contributed by atoms with Crippen LogP contribution >= 0.6 is 15.9 Å². The smallest absolute Gasteiger partial charge is 0.225 e. The van der Waals surface area contributed by atoms with E-state index >= 15 is 0 Å². The summed E-state index contributed by atoms with van der Waals surface area (Å²) in [6.45, 7) is 2.74. The Hall–Kier alpha value is -0.200. The second-order valence-electron chi connectivity index (χ2n) is 4.21. The van der Waals surface area contributed by atoms with E-state index in [2.05, 4.69) is 25.8 Å². The molecular weight excluding hydrogens is 292 g/mol. The van der Waals surface area contributed by atoms with E-state index in [1.807, 2.05) is 0 Å². The molecule has 2 aliphatic rings. The molecule has 0 bridgehead atoms. The van der Waals surface area contributed by atoms with Gasteiger partial charge in [-0.1, -0.05) is 12.8 Å². The predicted octanol–water partition coefficient (Wildman–Crippen LogP) is 1.88. The molecule has 0 unspecified atom stereocenters. The first kappa shape index (κ1) is 12.3. The third kappa shape index (κ3) is 2.93. The van der Waals surface area contributed by atoms with Crippen LogP contribution in [0.2, 0.25) is 0 Å². The molecule has 6 heteroatoms. The van der Waals surface area contributed by atoms with Crippen molar-refractivity contribution in [2.24, 2.45) is 4.99 Å². The molecule has 0 aromatic carbocycles. The molecule has 16 heavy (non-hydrogen) atoms. The minimum atomic E-state index is -3.26. The number of nitrogens with zero attached hydrogens (tertiary/aromatic N) is 2. The van der Waals surface area contributed by atoms with Gasteiger partial charge in [-0.25, -0.2) is 13.4 Å². The van der Waals surface area contributed by atoms with Gasteiger partial charge in [-0.3, -0.25) is 4.90 Å². The maximum Gasteiger partial charge on any atom is 0.225 e. The Bertz CT molecular complexity index is 420. The van der Waals surface area contributed by atoms with Crippen molar-refractivity contribution < 1.29 is 8.42 Å². The minimum absolute atomic E-state index is 0.0461. The van der Waals surface area contributed by atoms with Crippen LogP contribution in [0.4, 0.5) is 0 Å². The summed E-state index contributed by atoms with van der Waals surface area (Å²) in [5, 5.41) is 1.27. The topological polar surface area (TPSA) is 49.7 Å². The van der Waals surface area contributed by atoms with E-state index in [-0.39, 0.29) is 3.95 Å². The van der Waals surface area contributed by atoms with Gasteiger partial charge in [0, 0.05) is 6.54 Å². The first-order valence-corrected chi connectivity index (χ1v) is 7.84. The zero-order valence-corrected chi connectivity index (χ0v) is 11.4. The molecule has 2 rings (SSSR count). The third-order valence-corrected chi connectivity index (χ3v) is 5.52. The van der Waals surface area contributed by atoms with Crippen LogP contribution in [0.5, 0.6) is 0 Å². The van der Waals surface area contributed by atoms with Crippen LogP contribution in [-0.2, 0) is 9.84 Å². The molecule has 1 fully saturated rings. The largest absolute Gasteiger partial charge is 0.297 e. The third-order valence-electron chi connectivity index (χ3n) is 2.84. The van der Waals surface area contributed by atoms with Gasteiger partial charge in [0.25, 0.3) is 0 Å². The Morgan fingerprint density at radius 3 is 2.38 bits per heavy atom. The van der Waals surface area contributed by atoms with Gasteiger partial charge in [-0.2, -0.15) is 0 Å². The summed E-state index contributed by atoms with van der Waals surface area (Å²) >= 11 is 2.97. The highest BCUT2D eigenvalue weighted by Crippen LogP contribution is 2.20. The van der Waals surface area contributed by atoms with E-state index in [1.54, 1.807) is 0 Å². The van der Waals surface area contributed by atoms with Crippen molar-refractivity contribution in [3.8, 4) is 0 Å². The number of rotatable bonds is 2. The summed E-state index contributed by atoms with van der Waals surface area (Å²) in [5.41, 5.74) is 0.647. The summed E-state index contributed by atoms with van der Waals surface area (Å²) in [5.74, 6) is 0. The normalized spacial score (nSPS) is 26.1. The zero-order valence-electron chi connectivity index (χ0n) is 9.02. The van der Waals surface area contributed by atoms with Crippen LogP contribution in [0.1, 0.15) is 25.7 Å². The second-order valence-corrected chi connectivity index (χ2v) is 7.20. The molecule has 0 radical (unpaired) electrons. The monoisotopic (exact) mass is 306 g/mol. The molecule has 2 heterocycles. The molecule has 0 aromatic rings. The average molecular weight is 307 g/mol. The Morgan fingerprint density at radius 1 is 1.25 bits per heavy atom. The van der Waals surface area contributed by atoms with Crippen molar-refractivity contribution in [3.63, 3.8) is 0 Å². The summed E-state index contributed by atoms with van der Waals surface area (Å²) in [4.78, 5) is 6.31. The lowest BCUT2D eigenvalue weighted by Crippen LogP contribution is -2.26. The quantitative estimate of drug-likeness (QED) is 0.783. The van der Waals surface area contributed by atoms with Crippen molar-refractivity contribution >= 4 is 29.7 Å². The summed E-state index contributed by atoms with van der Waals surface area (Å²) in [6.07, 6.45) is 4.96. The van der Waals surface area contributed by atoms with Crippen molar-refractivity contribution in [3.05, 3.63) is 11.1 Å². The van der Waals surface area contributed by atoms with Crippen molar-refractivity contribution in [1.29, 1.82) is 0 Å². The van der Waals surface area contributed by atoms with Crippen LogP contribution in [0.25, 0.3) is 0 Å². The molecule has 1 saturated heterocycles. The molecule has 0 aliphatic carbocycles. The highest BCUT2D eigenvalue weighted by atomic mass is 79.9. The average Bonchev–Trinajstić information content (AvgIpc) is 2.44. The van der Waals surface area contributed by atoms with Crippen LogP contribution in [-0.4, -0.2) is 36.9 Å². The molecule has 0 amide bonds. The van der Waals surface area contributed by atoms with Crippen LogP contribution < -0.4 is 0 Å². The second kappa shape index (κ2) is 4.98. The van der Waals surface area contributed by atoms with E-state index in [0.29, 0.717) is 12.2 Å². The van der Waals surface area contributed by atoms with Crippen LogP contribution in [0.15, 0.2) is 16.1 Å². The highest BCUT2D eigenvalue weighted by Gasteiger charge is 2.23. The summed E-state index contributed by atoms with van der Waals surface area (Å²) in [7, 11) is -3.26. The number of aliphatic imine (C=N–C) groups is 1. The Morgan fingerprint density at radius 2 is 1.88 bits per heavy atom. The first-order valence-electron chi connectivity index (χ1n) is 5.50. The Kier molecular flexibility index (Phi) is 3.81. The lowest BCUT2D eigenvalue weighted by atomic mass is 10.2. The predicted molar refractivity (Wildman–Crippen MR) is 68.3 cm³/mol. The Labute approximate surface area is 104 Å². The molecule has 2 aliphatic heterocycles. The molecule has 0 atom stereocenters. The fourth-order valence-corrected chi connectivity index (χ4v) is 3.36. The molecule has 0 aromatic heterocycles. The van der Waals surface area contributed by atoms with Gasteiger partial charge < -0.3 is 0 Å². The maximum atomic E-state index is 11.4. The first-order chi connectivity index (χ1) is 7.58. The number of halogens is 1. The molecule has 90 valence electrons. The number of hydrogen-bond donors (Lipinski definition) is 0. The summed E-state index contributed by atoms with van der Waals surface area (Å²) < 4.78 is 22.9. The van der Waals surface area contributed by atoms with E-state index in [4.69, 9.17) is 0 Å². The van der Waals surface area contributed by atoms with Gasteiger partial charge in [-0.15, -0.1) is 0 Å². The molecule has 4 nitrogen and oxygen atoms in total. The Balaban J connectivity index is 2.01. The standard InChI is InChI=1S/C10H15BrN2O2S/c11-10-12-9(8-16(10,14)15)7-13-5-3-1-2-4-6-13/h8H,1-7H2. The maximum absolute atomic E-state index is 11.4. The van der Waals surface area contributed by atoms with Crippen LogP contribution in [0, 0.1) is 0 Å². The van der Waals surface area contributed by atoms with Crippen molar-refractivity contribution in [2.45, 2.75) is 25.7 Å². The fraction of sp³-hybridized carbons (Fsp3) is 0.700. The van der Waals surface area contributed by atoms with Crippen molar-refractivity contribution in [1.82, 2.24) is 4.90 Å². The van der Waals surface area contributed by atoms with Gasteiger partial charge >= 0.3 is 0 Å². The number of likely N-dealkylation sites (tertiary alicyclic amines) is 1. The number of hydrogen-bond acceptors (Lipinski definition) is 4. The number of sulfone groups is 1. The van der Waals surface area contributed by atoms with Gasteiger partial charge in [-0.05, 0) is 41.9 Å². The SMILES string of the molecule is O=S1(=O)C=C(CN2CCCCCC2)N=C1Br. The van der Waals surface area contributed by atoms with Crippen LogP contribution in [0.3, 0.4) is 0 Å². The van der Waals surface area contributed by atoms with E-state index in [0.717, 1.165) is 13.1 Å². The van der Waals surface area contributed by atoms with Gasteiger partial charge in [0.1, 0.15) is 0 Å². The van der Waals surface area contributed by atoms with E-state index < -0.39 is 9.84 Å². The fourth-order valence-electron chi connectivity index (χ4n) is 2.03. The van der Waals surface area contributed by atoms with E-state index in [9.17, 15) is 8.42 Å². The molecule has 0 spiro atoms. The molecule has 0 N–H and O–H groups in total. The highest BCUT2D eigenvalue weighted by molar-refractivity contribution is 9.21. The summed E-state index contributed by atoms with van der Waals surface area (Å²) in [6, 6.07) is 0. The lowest BCUT2D eigenvalue weighted by Gasteiger charge is -2.18. The molecule has 0 saturated carbocycles.